The summed E-state index contributed by atoms with van der Waals surface area (Å²) >= 11 is 0. The van der Waals surface area contributed by atoms with Crippen molar-refractivity contribution in [2.75, 3.05) is 11.1 Å². The molecule has 0 bridgehead atoms. The van der Waals surface area contributed by atoms with Gasteiger partial charge in [0.2, 0.25) is 0 Å². The Kier molecular flexibility index (Phi) is 6.71. The maximum atomic E-state index is 15.7. The van der Waals surface area contributed by atoms with Gasteiger partial charge in [-0.25, -0.2) is 24.3 Å². The number of aliphatic hydroxyl groups excluding tert-OH is 1. The number of nitrogen functional groups attached to an aromatic ring is 1. The second kappa shape index (κ2) is 10.1. The van der Waals surface area contributed by atoms with Gasteiger partial charge in [-0.15, -0.1) is 0 Å². The van der Waals surface area contributed by atoms with Gasteiger partial charge in [-0.1, -0.05) is 12.6 Å². The first-order valence-electron chi connectivity index (χ1n) is 12.2. The van der Waals surface area contributed by atoms with Gasteiger partial charge < -0.3 is 25.5 Å². The minimum Gasteiger partial charge on any atom is -0.424 e. The van der Waals surface area contributed by atoms with Crippen LogP contribution in [0.5, 0.6) is 11.8 Å². The molecule has 9 nitrogen and oxygen atoms in total. The molecule has 1 atom stereocenters. The zero-order valence-corrected chi connectivity index (χ0v) is 22.0. The Hall–Kier alpha value is -4.83. The number of rotatable bonds is 7. The fourth-order valence-electron chi connectivity index (χ4n) is 4.44. The van der Waals surface area contributed by atoms with E-state index in [2.05, 4.69) is 31.8 Å². The summed E-state index contributed by atoms with van der Waals surface area (Å²) in [5, 5.41) is 13.5. The van der Waals surface area contributed by atoms with Crippen molar-refractivity contribution in [1.29, 1.82) is 0 Å². The predicted octanol–water partition coefficient (Wildman–Crippen LogP) is 5.53. The maximum absolute atomic E-state index is 15.7. The number of aromatic nitrogens is 5. The Labute approximate surface area is 224 Å². The van der Waals surface area contributed by atoms with Gasteiger partial charge in [0.15, 0.2) is 0 Å². The zero-order valence-electron chi connectivity index (χ0n) is 22.0. The molecule has 10 heteroatoms. The SMILES string of the molecule is C=C(C)C(O)Nc1ccc(-c2c(-c3ccc(Oc4nccc(C)n4)c(C)c3)c3c(N)ncnc3n2C)c(F)c1. The number of nitrogens with two attached hydrogens (primary N) is 1. The first-order valence-corrected chi connectivity index (χ1v) is 12.2. The van der Waals surface area contributed by atoms with Crippen LogP contribution in [0.15, 0.2) is 67.1 Å². The van der Waals surface area contributed by atoms with Crippen LogP contribution in [0.2, 0.25) is 0 Å². The van der Waals surface area contributed by atoms with Crippen molar-refractivity contribution in [3.63, 3.8) is 0 Å². The molecular formula is C29H28FN7O2. The molecular weight excluding hydrogens is 497 g/mol. The number of ether oxygens (including phenoxy) is 1. The third kappa shape index (κ3) is 4.89. The van der Waals surface area contributed by atoms with E-state index in [1.807, 2.05) is 39.1 Å². The molecule has 0 saturated heterocycles. The first kappa shape index (κ1) is 25.8. The lowest BCUT2D eigenvalue weighted by atomic mass is 9.97. The molecule has 5 rings (SSSR count). The van der Waals surface area contributed by atoms with E-state index in [1.54, 1.807) is 35.9 Å². The van der Waals surface area contributed by atoms with Crippen LogP contribution in [-0.4, -0.2) is 35.8 Å². The van der Waals surface area contributed by atoms with Crippen molar-refractivity contribution in [1.82, 2.24) is 24.5 Å². The summed E-state index contributed by atoms with van der Waals surface area (Å²) in [7, 11) is 1.81. The predicted molar refractivity (Wildman–Crippen MR) is 150 cm³/mol. The highest BCUT2D eigenvalue weighted by Gasteiger charge is 2.24. The van der Waals surface area contributed by atoms with Crippen molar-refractivity contribution in [3.8, 4) is 34.1 Å². The lowest BCUT2D eigenvalue weighted by molar-refractivity contribution is 0.240. The van der Waals surface area contributed by atoms with Crippen LogP contribution in [0.25, 0.3) is 33.4 Å². The molecule has 3 heterocycles. The second-order valence-corrected chi connectivity index (χ2v) is 9.39. The van der Waals surface area contributed by atoms with Gasteiger partial charge >= 0.3 is 6.01 Å². The summed E-state index contributed by atoms with van der Waals surface area (Å²) in [6, 6.07) is 12.4. The summed E-state index contributed by atoms with van der Waals surface area (Å²) < 4.78 is 23.4. The van der Waals surface area contributed by atoms with Crippen molar-refractivity contribution in [2.45, 2.75) is 27.0 Å². The number of benzene rings is 2. The Morgan fingerprint density at radius 2 is 1.92 bits per heavy atom. The van der Waals surface area contributed by atoms with Crippen molar-refractivity contribution in [3.05, 3.63) is 84.2 Å². The Bertz CT molecular complexity index is 1730. The molecule has 39 heavy (non-hydrogen) atoms. The molecule has 1 unspecified atom stereocenters. The van der Waals surface area contributed by atoms with Crippen LogP contribution in [0.1, 0.15) is 18.2 Å². The highest BCUT2D eigenvalue weighted by atomic mass is 19.1. The number of aliphatic hydroxyl groups is 1. The van der Waals surface area contributed by atoms with Gasteiger partial charge in [0.25, 0.3) is 0 Å². The molecule has 0 fully saturated rings. The van der Waals surface area contributed by atoms with E-state index in [0.29, 0.717) is 44.9 Å². The third-order valence-electron chi connectivity index (χ3n) is 6.43. The van der Waals surface area contributed by atoms with Gasteiger partial charge in [0.1, 0.15) is 35.6 Å². The quantitative estimate of drug-likeness (QED) is 0.187. The summed E-state index contributed by atoms with van der Waals surface area (Å²) in [6.45, 7) is 9.18. The number of nitrogens with one attached hydrogen (secondary N) is 1. The minimum atomic E-state index is -0.993. The van der Waals surface area contributed by atoms with E-state index < -0.39 is 12.0 Å². The topological polar surface area (TPSA) is 124 Å². The third-order valence-corrected chi connectivity index (χ3v) is 6.43. The lowest BCUT2D eigenvalue weighted by Crippen LogP contribution is -2.19. The molecule has 0 amide bonds. The number of hydrogen-bond acceptors (Lipinski definition) is 8. The molecule has 5 aromatic rings. The molecule has 3 aromatic heterocycles. The maximum Gasteiger partial charge on any atom is 0.322 e. The average Bonchev–Trinajstić information content (AvgIpc) is 3.18. The zero-order chi connectivity index (χ0) is 27.8. The fraction of sp³-hybridized carbons (Fsp3) is 0.172. The van der Waals surface area contributed by atoms with Crippen LogP contribution >= 0.6 is 0 Å². The van der Waals surface area contributed by atoms with E-state index in [0.717, 1.165) is 16.8 Å². The minimum absolute atomic E-state index is 0.252. The fourth-order valence-corrected chi connectivity index (χ4v) is 4.44. The number of halogens is 1. The molecule has 2 aromatic carbocycles. The summed E-state index contributed by atoms with van der Waals surface area (Å²) in [6.07, 6.45) is 2.03. The summed E-state index contributed by atoms with van der Waals surface area (Å²) in [4.78, 5) is 17.1. The number of fused-ring (bicyclic) bond motifs is 1. The van der Waals surface area contributed by atoms with Crippen LogP contribution in [0.4, 0.5) is 15.9 Å². The normalized spacial score (nSPS) is 11.9. The summed E-state index contributed by atoms with van der Waals surface area (Å²) in [5.74, 6) is 0.389. The van der Waals surface area contributed by atoms with Gasteiger partial charge in [-0.05, 0) is 73.9 Å². The van der Waals surface area contributed by atoms with Crippen molar-refractivity contribution >= 4 is 22.5 Å². The largest absolute Gasteiger partial charge is 0.424 e. The molecule has 0 saturated carbocycles. The molecule has 198 valence electrons. The van der Waals surface area contributed by atoms with E-state index in [4.69, 9.17) is 10.5 Å². The van der Waals surface area contributed by atoms with E-state index >= 15 is 4.39 Å². The Morgan fingerprint density at radius 3 is 2.62 bits per heavy atom. The van der Waals surface area contributed by atoms with Crippen LogP contribution in [-0.2, 0) is 7.05 Å². The number of nitrogens with zero attached hydrogens (tertiary/aromatic N) is 5. The molecule has 0 aliphatic rings. The monoisotopic (exact) mass is 525 g/mol. The van der Waals surface area contributed by atoms with E-state index in [-0.39, 0.29) is 11.8 Å². The van der Waals surface area contributed by atoms with Gasteiger partial charge in [-0.3, -0.25) is 0 Å². The molecule has 4 N–H and O–H groups in total. The molecule has 0 radical (unpaired) electrons. The molecule has 0 aliphatic carbocycles. The second-order valence-electron chi connectivity index (χ2n) is 9.39. The van der Waals surface area contributed by atoms with Crippen LogP contribution in [0, 0.1) is 19.7 Å². The summed E-state index contributed by atoms with van der Waals surface area (Å²) in [5.41, 5.74) is 11.8. The van der Waals surface area contributed by atoms with E-state index in [1.165, 1.54) is 12.4 Å². The highest BCUT2D eigenvalue weighted by Crippen LogP contribution is 2.43. The lowest BCUT2D eigenvalue weighted by Gasteiger charge is -2.16. The van der Waals surface area contributed by atoms with E-state index in [9.17, 15) is 5.11 Å². The Balaban J connectivity index is 1.64. The standard InChI is InChI=1S/C29H28FN7O2/c1-15(2)28(38)36-19-7-8-20(21(30)13-19)25-23(24-26(31)33-14-34-27(24)37(25)5)18-6-9-22(16(3)12-18)39-29-32-11-10-17(4)35-29/h6-14,28,36,38H,1H2,2-5H3,(H2,31,33,34). The number of aryl methyl sites for hydroxylation is 3. The van der Waals surface area contributed by atoms with Crippen LogP contribution in [0.3, 0.4) is 0 Å². The van der Waals surface area contributed by atoms with Crippen molar-refractivity contribution < 1.29 is 14.2 Å². The first-order chi connectivity index (χ1) is 18.6. The molecule has 0 spiro atoms. The number of anilines is 2. The smallest absolute Gasteiger partial charge is 0.322 e. The van der Waals surface area contributed by atoms with Crippen LogP contribution < -0.4 is 15.8 Å². The van der Waals surface area contributed by atoms with Gasteiger partial charge in [0.05, 0.1) is 11.1 Å². The number of hydrogen-bond donors (Lipinski definition) is 3. The van der Waals surface area contributed by atoms with Gasteiger partial charge in [0, 0.05) is 35.8 Å². The molecule has 0 aliphatic heterocycles. The average molecular weight is 526 g/mol. The van der Waals surface area contributed by atoms with Crippen molar-refractivity contribution in [2.24, 2.45) is 7.05 Å². The van der Waals surface area contributed by atoms with Gasteiger partial charge in [-0.2, -0.15) is 0 Å². The highest BCUT2D eigenvalue weighted by molar-refractivity contribution is 6.08. The Morgan fingerprint density at radius 1 is 1.13 bits per heavy atom.